The summed E-state index contributed by atoms with van der Waals surface area (Å²) in [5, 5.41) is 0. The highest BCUT2D eigenvalue weighted by molar-refractivity contribution is 5.68. The van der Waals surface area contributed by atoms with Crippen molar-refractivity contribution in [1.82, 2.24) is 4.90 Å². The fourth-order valence-corrected chi connectivity index (χ4v) is 2.62. The highest BCUT2D eigenvalue weighted by Gasteiger charge is 2.30. The summed E-state index contributed by atoms with van der Waals surface area (Å²) in [6.45, 7) is 7.60. The van der Waals surface area contributed by atoms with Gasteiger partial charge in [0.25, 0.3) is 0 Å². The fraction of sp³-hybridized carbons (Fsp3) is 0.611. The van der Waals surface area contributed by atoms with Gasteiger partial charge in [-0.15, -0.1) is 0 Å². The van der Waals surface area contributed by atoms with E-state index in [1.807, 2.05) is 56.0 Å². The SMILES string of the molecule is CC(C)(C)OC(=O)N1CCCC[C@H]1COCc1ccccc1. The predicted octanol–water partition coefficient (Wildman–Crippen LogP) is 3.99. The van der Waals surface area contributed by atoms with Gasteiger partial charge in [0.05, 0.1) is 19.3 Å². The third kappa shape index (κ3) is 5.34. The van der Waals surface area contributed by atoms with Crippen molar-refractivity contribution in [2.24, 2.45) is 0 Å². The summed E-state index contributed by atoms with van der Waals surface area (Å²) in [7, 11) is 0. The number of hydrogen-bond donors (Lipinski definition) is 0. The quantitative estimate of drug-likeness (QED) is 0.844. The number of amides is 1. The van der Waals surface area contributed by atoms with E-state index in [9.17, 15) is 4.79 Å². The Labute approximate surface area is 133 Å². The zero-order valence-corrected chi connectivity index (χ0v) is 13.9. The van der Waals surface area contributed by atoms with Crippen molar-refractivity contribution in [1.29, 1.82) is 0 Å². The van der Waals surface area contributed by atoms with Gasteiger partial charge in [0.1, 0.15) is 5.60 Å². The van der Waals surface area contributed by atoms with Gasteiger partial charge in [-0.25, -0.2) is 4.79 Å². The molecule has 22 heavy (non-hydrogen) atoms. The third-order valence-electron chi connectivity index (χ3n) is 3.68. The summed E-state index contributed by atoms with van der Waals surface area (Å²) in [5.74, 6) is 0. The van der Waals surface area contributed by atoms with Crippen LogP contribution in [0, 0.1) is 0 Å². The number of rotatable bonds is 4. The number of benzene rings is 1. The lowest BCUT2D eigenvalue weighted by atomic mass is 10.0. The molecule has 1 aliphatic rings. The highest BCUT2D eigenvalue weighted by Crippen LogP contribution is 2.21. The average Bonchev–Trinajstić information content (AvgIpc) is 2.47. The van der Waals surface area contributed by atoms with Gasteiger partial charge in [0.15, 0.2) is 0 Å². The number of likely N-dealkylation sites (tertiary alicyclic amines) is 1. The Morgan fingerprint density at radius 1 is 1.23 bits per heavy atom. The first kappa shape index (κ1) is 16.8. The van der Waals surface area contributed by atoms with Gasteiger partial charge in [-0.05, 0) is 45.6 Å². The fourth-order valence-electron chi connectivity index (χ4n) is 2.62. The molecule has 1 atom stereocenters. The summed E-state index contributed by atoms with van der Waals surface area (Å²) in [6.07, 6.45) is 2.93. The van der Waals surface area contributed by atoms with Crippen LogP contribution in [0.4, 0.5) is 4.79 Å². The van der Waals surface area contributed by atoms with Gasteiger partial charge in [-0.2, -0.15) is 0 Å². The second kappa shape index (κ2) is 7.63. The minimum atomic E-state index is -0.454. The second-order valence-electron chi connectivity index (χ2n) is 6.82. The second-order valence-corrected chi connectivity index (χ2v) is 6.82. The van der Waals surface area contributed by atoms with Crippen LogP contribution in [0.25, 0.3) is 0 Å². The van der Waals surface area contributed by atoms with E-state index in [0.717, 1.165) is 31.4 Å². The van der Waals surface area contributed by atoms with Crippen LogP contribution in [0.1, 0.15) is 45.6 Å². The molecule has 122 valence electrons. The number of carbonyl (C=O) groups excluding carboxylic acids is 1. The molecule has 0 radical (unpaired) electrons. The maximum absolute atomic E-state index is 12.3. The minimum Gasteiger partial charge on any atom is -0.444 e. The van der Waals surface area contributed by atoms with Crippen LogP contribution < -0.4 is 0 Å². The first-order valence-electron chi connectivity index (χ1n) is 8.07. The Kier molecular flexibility index (Phi) is 5.83. The molecule has 4 heteroatoms. The topological polar surface area (TPSA) is 38.8 Å². The molecule has 1 aromatic rings. The van der Waals surface area contributed by atoms with Gasteiger partial charge < -0.3 is 14.4 Å². The van der Waals surface area contributed by atoms with Crippen molar-refractivity contribution in [3.8, 4) is 0 Å². The maximum Gasteiger partial charge on any atom is 0.410 e. The molecule has 0 aromatic heterocycles. The third-order valence-corrected chi connectivity index (χ3v) is 3.68. The summed E-state index contributed by atoms with van der Waals surface area (Å²) in [6, 6.07) is 10.2. The Balaban J connectivity index is 1.85. The molecule has 0 unspecified atom stereocenters. The Hall–Kier alpha value is -1.55. The van der Waals surface area contributed by atoms with Crippen molar-refractivity contribution in [2.75, 3.05) is 13.2 Å². The zero-order valence-electron chi connectivity index (χ0n) is 13.9. The largest absolute Gasteiger partial charge is 0.444 e. The number of ether oxygens (including phenoxy) is 2. The van der Waals surface area contributed by atoms with Gasteiger partial charge in [-0.3, -0.25) is 0 Å². The molecular weight excluding hydrogens is 278 g/mol. The van der Waals surface area contributed by atoms with Crippen LogP contribution in [0.3, 0.4) is 0 Å². The number of nitrogens with zero attached hydrogens (tertiary/aromatic N) is 1. The van der Waals surface area contributed by atoms with Crippen LogP contribution in [0.5, 0.6) is 0 Å². The lowest BCUT2D eigenvalue weighted by Gasteiger charge is -2.36. The normalized spacial score (nSPS) is 19.0. The van der Waals surface area contributed by atoms with E-state index in [2.05, 4.69) is 0 Å². The molecule has 2 rings (SSSR count). The molecule has 1 fully saturated rings. The lowest BCUT2D eigenvalue weighted by molar-refractivity contribution is -0.00997. The van der Waals surface area contributed by atoms with Crippen LogP contribution in [-0.4, -0.2) is 35.8 Å². The lowest BCUT2D eigenvalue weighted by Crippen LogP contribution is -2.48. The Morgan fingerprint density at radius 2 is 1.95 bits per heavy atom. The molecule has 4 nitrogen and oxygen atoms in total. The van der Waals surface area contributed by atoms with Crippen molar-refractivity contribution in [3.05, 3.63) is 35.9 Å². The molecule has 1 amide bonds. The Bertz CT molecular complexity index is 467. The first-order valence-corrected chi connectivity index (χ1v) is 8.07. The molecule has 0 N–H and O–H groups in total. The van der Waals surface area contributed by atoms with Crippen LogP contribution >= 0.6 is 0 Å². The van der Waals surface area contributed by atoms with Crippen LogP contribution in [0.2, 0.25) is 0 Å². The minimum absolute atomic E-state index is 0.118. The van der Waals surface area contributed by atoms with E-state index in [1.165, 1.54) is 0 Å². The van der Waals surface area contributed by atoms with Crippen molar-refractivity contribution < 1.29 is 14.3 Å². The summed E-state index contributed by atoms with van der Waals surface area (Å²) in [5.41, 5.74) is 0.700. The van der Waals surface area contributed by atoms with Gasteiger partial charge in [0.2, 0.25) is 0 Å². The highest BCUT2D eigenvalue weighted by atomic mass is 16.6. The van der Waals surface area contributed by atoms with E-state index in [-0.39, 0.29) is 12.1 Å². The predicted molar refractivity (Wildman–Crippen MR) is 86.7 cm³/mol. The van der Waals surface area contributed by atoms with E-state index in [0.29, 0.717) is 13.2 Å². The molecule has 0 aliphatic carbocycles. The zero-order chi connectivity index (χ0) is 16.0. The van der Waals surface area contributed by atoms with Gasteiger partial charge in [-0.1, -0.05) is 30.3 Å². The summed E-state index contributed by atoms with van der Waals surface area (Å²) < 4.78 is 11.3. The van der Waals surface area contributed by atoms with Crippen LogP contribution in [0.15, 0.2) is 30.3 Å². The molecule has 1 saturated heterocycles. The monoisotopic (exact) mass is 305 g/mol. The Morgan fingerprint density at radius 3 is 2.64 bits per heavy atom. The molecule has 1 aromatic carbocycles. The standard InChI is InChI=1S/C18H27NO3/c1-18(2,3)22-17(20)19-12-8-7-11-16(19)14-21-13-15-9-5-4-6-10-15/h4-6,9-10,16H,7-8,11-14H2,1-3H3/t16-/m0/s1. The smallest absolute Gasteiger partial charge is 0.410 e. The molecule has 1 heterocycles. The van der Waals surface area contributed by atoms with E-state index >= 15 is 0 Å². The van der Waals surface area contributed by atoms with E-state index in [1.54, 1.807) is 0 Å². The molecule has 0 saturated carbocycles. The average molecular weight is 305 g/mol. The van der Waals surface area contributed by atoms with Crippen molar-refractivity contribution >= 4 is 6.09 Å². The van der Waals surface area contributed by atoms with Gasteiger partial charge >= 0.3 is 6.09 Å². The molecule has 0 bridgehead atoms. The van der Waals surface area contributed by atoms with Gasteiger partial charge in [0, 0.05) is 6.54 Å². The molecular formula is C18H27NO3. The van der Waals surface area contributed by atoms with Crippen LogP contribution in [-0.2, 0) is 16.1 Å². The van der Waals surface area contributed by atoms with Crippen molar-refractivity contribution in [2.45, 2.75) is 58.3 Å². The molecule has 0 spiro atoms. The number of piperidine rings is 1. The van der Waals surface area contributed by atoms with E-state index in [4.69, 9.17) is 9.47 Å². The first-order chi connectivity index (χ1) is 10.5. The number of carbonyl (C=O) groups is 1. The summed E-state index contributed by atoms with van der Waals surface area (Å²) >= 11 is 0. The molecule has 1 aliphatic heterocycles. The van der Waals surface area contributed by atoms with E-state index < -0.39 is 5.60 Å². The summed E-state index contributed by atoms with van der Waals surface area (Å²) in [4.78, 5) is 14.1. The maximum atomic E-state index is 12.3. The number of hydrogen-bond acceptors (Lipinski definition) is 3. The van der Waals surface area contributed by atoms with Crippen molar-refractivity contribution in [3.63, 3.8) is 0 Å².